The number of halogens is 2. The summed E-state index contributed by atoms with van der Waals surface area (Å²) in [7, 11) is 0. The summed E-state index contributed by atoms with van der Waals surface area (Å²) in [5.74, 6) is -0.609. The molecule has 0 spiro atoms. The molecule has 0 aliphatic carbocycles. The Morgan fingerprint density at radius 2 is 1.92 bits per heavy atom. The van der Waals surface area contributed by atoms with Gasteiger partial charge in [-0.3, -0.25) is 19.1 Å². The number of amides is 1. The molecule has 2 heterocycles. The summed E-state index contributed by atoms with van der Waals surface area (Å²) in [6, 6.07) is 10.6. The molecule has 1 atom stereocenters. The molecular weight excluding hydrogens is 481 g/mol. The van der Waals surface area contributed by atoms with E-state index < -0.39 is 5.82 Å². The van der Waals surface area contributed by atoms with Gasteiger partial charge in [-0.25, -0.2) is 9.37 Å². The van der Waals surface area contributed by atoms with Crippen LogP contribution in [0.4, 0.5) is 10.1 Å². The molecule has 1 amide bonds. The normalized spacial score (nSPS) is 16.8. The minimum absolute atomic E-state index is 0.0787. The molecule has 1 saturated heterocycles. The Morgan fingerprint density at radius 3 is 2.56 bits per heavy atom. The van der Waals surface area contributed by atoms with E-state index in [1.807, 2.05) is 32.0 Å². The number of hydrogen-bond donors (Lipinski definition) is 1. The number of nitrogens with one attached hydrogen (secondary N) is 1. The molecule has 4 rings (SSSR count). The second kappa shape index (κ2) is 10.6. The Kier molecular flexibility index (Phi) is 7.66. The van der Waals surface area contributed by atoms with Crippen molar-refractivity contribution < 1.29 is 9.18 Å². The number of benzene rings is 2. The summed E-state index contributed by atoms with van der Waals surface area (Å²) in [6.45, 7) is 12.8. The number of anilines is 1. The molecule has 1 aromatic heterocycles. The average molecular weight is 514 g/mol. The van der Waals surface area contributed by atoms with E-state index in [-0.39, 0.29) is 34.9 Å². The maximum Gasteiger partial charge on any atom is 0.262 e. The van der Waals surface area contributed by atoms with Gasteiger partial charge in [-0.15, -0.1) is 0 Å². The number of carbonyl (C=O) groups is 1. The zero-order valence-corrected chi connectivity index (χ0v) is 22.1. The lowest BCUT2D eigenvalue weighted by atomic mass is 10.1. The number of carbonyl (C=O) groups excluding carboxylic acids is 1. The molecule has 36 heavy (non-hydrogen) atoms. The fourth-order valence-corrected chi connectivity index (χ4v) is 5.07. The van der Waals surface area contributed by atoms with E-state index >= 15 is 0 Å². The highest BCUT2D eigenvalue weighted by Crippen LogP contribution is 2.27. The number of fused-ring (bicyclic) bond motifs is 1. The number of nitrogens with zero attached hydrogens (tertiary/aromatic N) is 4. The van der Waals surface area contributed by atoms with Gasteiger partial charge in [0.2, 0.25) is 5.91 Å². The van der Waals surface area contributed by atoms with Gasteiger partial charge in [0.15, 0.2) is 0 Å². The molecule has 1 N–H and O–H groups in total. The van der Waals surface area contributed by atoms with Crippen LogP contribution in [0.25, 0.3) is 22.3 Å². The Bertz CT molecular complexity index is 1340. The number of hydrogen-bond acceptors (Lipinski definition) is 5. The molecule has 3 aromatic rings. The van der Waals surface area contributed by atoms with Gasteiger partial charge in [0.1, 0.15) is 18.2 Å². The predicted octanol–water partition coefficient (Wildman–Crippen LogP) is 4.30. The topological polar surface area (TPSA) is 70.5 Å². The Hall–Kier alpha value is -2.97. The van der Waals surface area contributed by atoms with Crippen LogP contribution >= 0.6 is 11.6 Å². The number of rotatable bonds is 6. The van der Waals surface area contributed by atoms with E-state index in [1.165, 1.54) is 22.8 Å². The first-order chi connectivity index (χ1) is 17.0. The average Bonchev–Trinajstić information content (AvgIpc) is 2.81. The first kappa shape index (κ1) is 26.1. The smallest absolute Gasteiger partial charge is 0.262 e. The largest absolute Gasteiger partial charge is 0.369 e. The summed E-state index contributed by atoms with van der Waals surface area (Å²) in [4.78, 5) is 35.9. The van der Waals surface area contributed by atoms with E-state index in [0.29, 0.717) is 28.6 Å². The molecular formula is C27H33ClFN5O2. The molecule has 1 fully saturated rings. The lowest BCUT2D eigenvalue weighted by Gasteiger charge is -2.43. The standard InChI is InChI=1S/C27H33ClFN5O2/c1-16(2)30-25(35)15-34-26(19-6-8-23(29)22(28)12-19)31-24-9-7-20(13-21(24)27(34)36)32-10-11-33(17(3)4)18(5)14-32/h6-9,12-13,16-18H,10-11,14-15H2,1-5H3,(H,30,35). The van der Waals surface area contributed by atoms with Crippen molar-refractivity contribution in [3.8, 4) is 11.4 Å². The number of piperazine rings is 1. The Morgan fingerprint density at radius 1 is 1.17 bits per heavy atom. The molecule has 1 aliphatic rings. The van der Waals surface area contributed by atoms with Gasteiger partial charge in [-0.05, 0) is 71.0 Å². The van der Waals surface area contributed by atoms with Gasteiger partial charge in [0, 0.05) is 49.0 Å². The first-order valence-corrected chi connectivity index (χ1v) is 12.7. The molecule has 0 saturated carbocycles. The zero-order valence-electron chi connectivity index (χ0n) is 21.4. The fraction of sp³-hybridized carbons (Fsp3) is 0.444. The highest BCUT2D eigenvalue weighted by atomic mass is 35.5. The maximum atomic E-state index is 13.8. The predicted molar refractivity (Wildman–Crippen MR) is 143 cm³/mol. The lowest BCUT2D eigenvalue weighted by molar-refractivity contribution is -0.122. The zero-order chi connectivity index (χ0) is 26.1. The van der Waals surface area contributed by atoms with Crippen LogP contribution in [0.3, 0.4) is 0 Å². The van der Waals surface area contributed by atoms with Crippen LogP contribution in [0.1, 0.15) is 34.6 Å². The van der Waals surface area contributed by atoms with Crippen molar-refractivity contribution in [2.45, 2.75) is 59.3 Å². The van der Waals surface area contributed by atoms with Crippen LogP contribution in [0, 0.1) is 5.82 Å². The van der Waals surface area contributed by atoms with Crippen molar-refractivity contribution in [1.82, 2.24) is 19.8 Å². The summed E-state index contributed by atoms with van der Waals surface area (Å²) < 4.78 is 15.2. The van der Waals surface area contributed by atoms with Crippen LogP contribution in [-0.2, 0) is 11.3 Å². The fourth-order valence-electron chi connectivity index (χ4n) is 4.89. The van der Waals surface area contributed by atoms with Crippen molar-refractivity contribution in [1.29, 1.82) is 0 Å². The van der Waals surface area contributed by atoms with E-state index in [0.717, 1.165) is 25.3 Å². The van der Waals surface area contributed by atoms with Gasteiger partial charge in [0.25, 0.3) is 5.56 Å². The SMILES string of the molecule is CC(C)NC(=O)Cn1c(-c2ccc(F)c(Cl)c2)nc2ccc(N3CCN(C(C)C)C(C)C3)cc2c1=O. The Balaban J connectivity index is 1.79. The molecule has 2 aromatic carbocycles. The van der Waals surface area contributed by atoms with Crippen molar-refractivity contribution in [2.24, 2.45) is 0 Å². The van der Waals surface area contributed by atoms with Gasteiger partial charge >= 0.3 is 0 Å². The summed E-state index contributed by atoms with van der Waals surface area (Å²) in [5, 5.41) is 3.17. The van der Waals surface area contributed by atoms with Gasteiger partial charge in [-0.2, -0.15) is 0 Å². The number of aromatic nitrogens is 2. The third-order valence-corrected chi connectivity index (χ3v) is 6.86. The monoisotopic (exact) mass is 513 g/mol. The summed E-state index contributed by atoms with van der Waals surface area (Å²) in [6.07, 6.45) is 0. The van der Waals surface area contributed by atoms with Crippen molar-refractivity contribution >= 4 is 34.1 Å². The molecule has 1 aliphatic heterocycles. The van der Waals surface area contributed by atoms with Gasteiger partial charge < -0.3 is 10.2 Å². The van der Waals surface area contributed by atoms with Gasteiger partial charge in [-0.1, -0.05) is 11.6 Å². The Labute approximate surface area is 215 Å². The second-order valence-corrected chi connectivity index (χ2v) is 10.4. The highest BCUT2D eigenvalue weighted by Gasteiger charge is 2.26. The van der Waals surface area contributed by atoms with Crippen LogP contribution in [0.2, 0.25) is 5.02 Å². The maximum absolute atomic E-state index is 13.8. The minimum atomic E-state index is -0.566. The highest BCUT2D eigenvalue weighted by molar-refractivity contribution is 6.31. The summed E-state index contributed by atoms with van der Waals surface area (Å²) >= 11 is 6.02. The summed E-state index contributed by atoms with van der Waals surface area (Å²) in [5.41, 5.74) is 1.59. The quantitative estimate of drug-likeness (QED) is 0.532. The van der Waals surface area contributed by atoms with Crippen molar-refractivity contribution in [2.75, 3.05) is 24.5 Å². The van der Waals surface area contributed by atoms with E-state index in [2.05, 4.69) is 35.9 Å². The van der Waals surface area contributed by atoms with E-state index in [9.17, 15) is 14.0 Å². The van der Waals surface area contributed by atoms with Crippen LogP contribution in [0.5, 0.6) is 0 Å². The molecule has 7 nitrogen and oxygen atoms in total. The van der Waals surface area contributed by atoms with Crippen molar-refractivity contribution in [3.63, 3.8) is 0 Å². The molecule has 9 heteroatoms. The van der Waals surface area contributed by atoms with Gasteiger partial charge in [0.05, 0.1) is 15.9 Å². The molecule has 192 valence electrons. The third-order valence-electron chi connectivity index (χ3n) is 6.57. The van der Waals surface area contributed by atoms with Crippen molar-refractivity contribution in [3.05, 3.63) is 57.6 Å². The van der Waals surface area contributed by atoms with Crippen LogP contribution in [-0.4, -0.2) is 58.1 Å². The molecule has 1 unspecified atom stereocenters. The molecule has 0 bridgehead atoms. The third kappa shape index (κ3) is 5.39. The first-order valence-electron chi connectivity index (χ1n) is 12.3. The molecule has 0 radical (unpaired) electrons. The second-order valence-electron chi connectivity index (χ2n) is 10.0. The lowest BCUT2D eigenvalue weighted by Crippen LogP contribution is -2.54. The van der Waals surface area contributed by atoms with Crippen LogP contribution in [0.15, 0.2) is 41.2 Å². The minimum Gasteiger partial charge on any atom is -0.369 e. The van der Waals surface area contributed by atoms with Crippen LogP contribution < -0.4 is 15.8 Å². The van der Waals surface area contributed by atoms with E-state index in [4.69, 9.17) is 16.6 Å². The van der Waals surface area contributed by atoms with E-state index in [1.54, 1.807) is 0 Å².